The molecule has 0 radical (unpaired) electrons. The molecule has 0 fully saturated rings. The third kappa shape index (κ3) is 3.62. The van der Waals surface area contributed by atoms with Gasteiger partial charge in [-0.1, -0.05) is 32.9 Å². The molecule has 3 heterocycles. The van der Waals surface area contributed by atoms with E-state index in [0.717, 1.165) is 33.3 Å². The van der Waals surface area contributed by atoms with Crippen LogP contribution in [-0.4, -0.2) is 31.3 Å². The van der Waals surface area contributed by atoms with Crippen LogP contribution < -0.4 is 9.47 Å². The number of hydrogen-bond donors (Lipinski definition) is 0. The van der Waals surface area contributed by atoms with Crippen molar-refractivity contribution in [3.8, 4) is 11.5 Å². The molecule has 4 rings (SSSR count). The van der Waals surface area contributed by atoms with Crippen LogP contribution in [0.2, 0.25) is 0 Å². The molecule has 1 unspecified atom stereocenters. The molecule has 0 saturated carbocycles. The third-order valence-corrected chi connectivity index (χ3v) is 5.14. The lowest BCUT2D eigenvalue weighted by Crippen LogP contribution is -2.24. The summed E-state index contributed by atoms with van der Waals surface area (Å²) < 4.78 is 13.8. The first kappa shape index (κ1) is 17.8. The Bertz CT molecular complexity index is 967. The van der Waals surface area contributed by atoms with Gasteiger partial charge < -0.3 is 14.0 Å². The molecule has 8 heteroatoms. The maximum atomic E-state index is 6.04. The number of aromatic nitrogens is 5. The van der Waals surface area contributed by atoms with Crippen molar-refractivity contribution in [3.63, 3.8) is 0 Å². The molecule has 140 valence electrons. The highest BCUT2D eigenvalue weighted by molar-refractivity contribution is 7.99. The fraction of sp³-hybridized carbons (Fsp3) is 0.368. The molecule has 0 bridgehead atoms. The Labute approximate surface area is 162 Å². The van der Waals surface area contributed by atoms with Crippen LogP contribution in [0.3, 0.4) is 0 Å². The predicted octanol–water partition coefficient (Wildman–Crippen LogP) is 3.57. The summed E-state index contributed by atoms with van der Waals surface area (Å²) in [6.07, 6.45) is 1.48. The number of rotatable bonds is 3. The molecule has 0 aliphatic carbocycles. The minimum atomic E-state index is -0.303. The normalized spacial score (nSPS) is 16.4. The van der Waals surface area contributed by atoms with Crippen LogP contribution in [-0.2, 0) is 12.5 Å². The molecule has 2 aromatic heterocycles. The van der Waals surface area contributed by atoms with Gasteiger partial charge in [0.2, 0.25) is 0 Å². The molecule has 0 spiro atoms. The van der Waals surface area contributed by atoms with Crippen LogP contribution in [0.1, 0.15) is 38.5 Å². The lowest BCUT2D eigenvalue weighted by molar-refractivity contribution is 0.0825. The van der Waals surface area contributed by atoms with Crippen LogP contribution in [0.4, 0.5) is 0 Å². The Hall–Kier alpha value is -2.61. The topological polar surface area (TPSA) is 75.0 Å². The molecule has 0 amide bonds. The molecule has 1 aromatic carbocycles. The standard InChI is InChI=1S/C19H21N5O2S/c1-19(2,3)17-20-10-9-15(21-17)27-18-23-22-16(24(18)4)14-11-25-12-7-5-6-8-13(12)26-14/h5-10,14H,11H2,1-4H3. The SMILES string of the molecule is Cn1c(Sc2ccnc(C(C)(C)C)n2)nnc1C1COc2ccccc2O1. The minimum absolute atomic E-state index is 0.109. The van der Waals surface area contributed by atoms with Crippen molar-refractivity contribution in [3.05, 3.63) is 48.2 Å². The van der Waals surface area contributed by atoms with Crippen molar-refractivity contribution in [2.75, 3.05) is 6.61 Å². The van der Waals surface area contributed by atoms with Crippen molar-refractivity contribution < 1.29 is 9.47 Å². The summed E-state index contributed by atoms with van der Waals surface area (Å²) in [5.74, 6) is 2.99. The van der Waals surface area contributed by atoms with Gasteiger partial charge in [-0.05, 0) is 30.0 Å². The van der Waals surface area contributed by atoms with Gasteiger partial charge in [0.15, 0.2) is 28.6 Å². The van der Waals surface area contributed by atoms with Gasteiger partial charge in [0, 0.05) is 18.7 Å². The predicted molar refractivity (Wildman–Crippen MR) is 101 cm³/mol. The fourth-order valence-corrected chi connectivity index (χ4v) is 3.46. The summed E-state index contributed by atoms with van der Waals surface area (Å²) in [5, 5.41) is 10.2. The Balaban J connectivity index is 1.55. The highest BCUT2D eigenvalue weighted by Gasteiger charge is 2.27. The van der Waals surface area contributed by atoms with Gasteiger partial charge in [-0.15, -0.1) is 10.2 Å². The van der Waals surface area contributed by atoms with Crippen molar-refractivity contribution in [2.24, 2.45) is 7.05 Å². The molecule has 27 heavy (non-hydrogen) atoms. The average Bonchev–Trinajstić information content (AvgIpc) is 3.01. The molecular formula is C19H21N5O2S. The summed E-state index contributed by atoms with van der Waals surface area (Å²) in [4.78, 5) is 9.02. The molecular weight excluding hydrogens is 362 g/mol. The van der Waals surface area contributed by atoms with E-state index in [1.807, 2.05) is 41.9 Å². The second-order valence-electron chi connectivity index (χ2n) is 7.33. The number of ether oxygens (including phenoxy) is 2. The molecule has 1 aliphatic rings. The lowest BCUT2D eigenvalue weighted by Gasteiger charge is -2.25. The number of hydrogen-bond acceptors (Lipinski definition) is 7. The smallest absolute Gasteiger partial charge is 0.197 e. The van der Waals surface area contributed by atoms with Gasteiger partial charge in [0.05, 0.1) is 0 Å². The van der Waals surface area contributed by atoms with E-state index in [0.29, 0.717) is 6.61 Å². The number of benzene rings is 1. The highest BCUT2D eigenvalue weighted by atomic mass is 32.2. The molecule has 0 saturated heterocycles. The van der Waals surface area contributed by atoms with Gasteiger partial charge in [-0.25, -0.2) is 9.97 Å². The summed E-state index contributed by atoms with van der Waals surface area (Å²) in [5.41, 5.74) is -0.109. The summed E-state index contributed by atoms with van der Waals surface area (Å²) in [6, 6.07) is 9.51. The van der Waals surface area contributed by atoms with Crippen molar-refractivity contribution in [1.29, 1.82) is 0 Å². The maximum absolute atomic E-state index is 6.04. The molecule has 0 N–H and O–H groups in total. The largest absolute Gasteiger partial charge is 0.485 e. The van der Waals surface area contributed by atoms with Crippen molar-refractivity contribution in [2.45, 2.75) is 42.5 Å². The molecule has 1 aliphatic heterocycles. The van der Waals surface area contributed by atoms with Crippen molar-refractivity contribution >= 4 is 11.8 Å². The summed E-state index contributed by atoms with van der Waals surface area (Å²) in [6.45, 7) is 6.68. The van der Waals surface area contributed by atoms with E-state index in [9.17, 15) is 0 Å². The van der Waals surface area contributed by atoms with Gasteiger partial charge >= 0.3 is 0 Å². The Morgan fingerprint density at radius 2 is 1.89 bits per heavy atom. The van der Waals surface area contributed by atoms with Gasteiger partial charge in [0.1, 0.15) is 17.5 Å². The van der Waals surface area contributed by atoms with Gasteiger partial charge in [-0.2, -0.15) is 0 Å². The first-order chi connectivity index (χ1) is 12.9. The quantitative estimate of drug-likeness (QED) is 0.640. The van der Waals surface area contributed by atoms with Crippen molar-refractivity contribution in [1.82, 2.24) is 24.7 Å². The number of fused-ring (bicyclic) bond motifs is 1. The van der Waals surface area contributed by atoms with Crippen LogP contribution in [0.15, 0.2) is 46.7 Å². The van der Waals surface area contributed by atoms with E-state index in [2.05, 4.69) is 40.9 Å². The summed E-state index contributed by atoms with van der Waals surface area (Å²) >= 11 is 1.46. The van der Waals surface area contributed by atoms with Gasteiger partial charge in [-0.3, -0.25) is 0 Å². The van der Waals surface area contributed by atoms with Crippen LogP contribution >= 0.6 is 11.8 Å². The van der Waals surface area contributed by atoms with E-state index in [4.69, 9.17) is 9.47 Å². The van der Waals surface area contributed by atoms with E-state index in [1.54, 1.807) is 6.20 Å². The molecule has 7 nitrogen and oxygen atoms in total. The number of para-hydroxylation sites is 2. The number of nitrogens with zero attached hydrogens (tertiary/aromatic N) is 5. The molecule has 3 aromatic rings. The monoisotopic (exact) mass is 383 g/mol. The fourth-order valence-electron chi connectivity index (χ4n) is 2.70. The lowest BCUT2D eigenvalue weighted by atomic mass is 9.96. The van der Waals surface area contributed by atoms with Crippen LogP contribution in [0, 0.1) is 0 Å². The zero-order chi connectivity index (χ0) is 19.0. The highest BCUT2D eigenvalue weighted by Crippen LogP contribution is 2.36. The maximum Gasteiger partial charge on any atom is 0.197 e. The summed E-state index contributed by atoms with van der Waals surface area (Å²) in [7, 11) is 1.92. The second-order valence-corrected chi connectivity index (χ2v) is 8.32. The van der Waals surface area contributed by atoms with Crippen LogP contribution in [0.5, 0.6) is 11.5 Å². The zero-order valence-electron chi connectivity index (χ0n) is 15.7. The zero-order valence-corrected chi connectivity index (χ0v) is 16.5. The molecule has 1 atom stereocenters. The van der Waals surface area contributed by atoms with Crippen LogP contribution in [0.25, 0.3) is 0 Å². The first-order valence-corrected chi connectivity index (χ1v) is 9.52. The first-order valence-electron chi connectivity index (χ1n) is 8.71. The minimum Gasteiger partial charge on any atom is -0.485 e. The van der Waals surface area contributed by atoms with E-state index in [1.165, 1.54) is 11.8 Å². The van der Waals surface area contributed by atoms with E-state index >= 15 is 0 Å². The third-order valence-electron chi connectivity index (χ3n) is 4.16. The Morgan fingerprint density at radius 1 is 1.11 bits per heavy atom. The second kappa shape index (κ2) is 6.84. The Kier molecular flexibility index (Phi) is 4.51. The average molecular weight is 383 g/mol. The Morgan fingerprint density at radius 3 is 2.67 bits per heavy atom. The van der Waals surface area contributed by atoms with E-state index in [-0.39, 0.29) is 11.5 Å². The van der Waals surface area contributed by atoms with Gasteiger partial charge in [0.25, 0.3) is 0 Å². The van der Waals surface area contributed by atoms with E-state index < -0.39 is 0 Å².